The number of piperidine rings is 1. The summed E-state index contributed by atoms with van der Waals surface area (Å²) in [6, 6.07) is 10.3. The second kappa shape index (κ2) is 12.6. The molecule has 35 heavy (non-hydrogen) atoms. The van der Waals surface area contributed by atoms with E-state index < -0.39 is 6.17 Å². The van der Waals surface area contributed by atoms with Crippen LogP contribution in [0.15, 0.2) is 53.8 Å². The van der Waals surface area contributed by atoms with Crippen molar-refractivity contribution >= 4 is 22.7 Å². The van der Waals surface area contributed by atoms with Crippen molar-refractivity contribution in [2.75, 3.05) is 39.1 Å². The van der Waals surface area contributed by atoms with Crippen LogP contribution in [-0.2, 0) is 0 Å². The predicted molar refractivity (Wildman–Crippen MR) is 136 cm³/mol. The Balaban J connectivity index is 1.26. The molecule has 5 nitrogen and oxygen atoms in total. The van der Waals surface area contributed by atoms with Gasteiger partial charge in [-0.1, -0.05) is 0 Å². The molecule has 0 amide bonds. The van der Waals surface area contributed by atoms with E-state index in [2.05, 4.69) is 14.9 Å². The van der Waals surface area contributed by atoms with E-state index >= 15 is 4.39 Å². The third-order valence-electron chi connectivity index (χ3n) is 6.90. The summed E-state index contributed by atoms with van der Waals surface area (Å²) < 4.78 is 34.4. The van der Waals surface area contributed by atoms with Gasteiger partial charge in [0.15, 0.2) is 5.82 Å². The van der Waals surface area contributed by atoms with Gasteiger partial charge in [0.2, 0.25) is 0 Å². The molecule has 188 valence electrons. The minimum Gasteiger partial charge on any atom is -0.497 e. The summed E-state index contributed by atoms with van der Waals surface area (Å²) in [5, 5.41) is 11.2. The number of methoxy groups -OCH3 is 1. The molecule has 2 aromatic heterocycles. The lowest BCUT2D eigenvalue weighted by atomic mass is 9.81. The SMILES string of the molecule is COc1ccc2nccc(C(F)CC[C@@H]3CCN(CCCSc4ncccc4F)C[C@@H]3CO)c2c1. The van der Waals surface area contributed by atoms with Crippen LogP contribution in [0.5, 0.6) is 5.75 Å². The molecule has 0 bridgehead atoms. The molecule has 1 fully saturated rings. The van der Waals surface area contributed by atoms with Crippen LogP contribution in [0.25, 0.3) is 10.9 Å². The van der Waals surface area contributed by atoms with Crippen LogP contribution >= 0.6 is 11.8 Å². The summed E-state index contributed by atoms with van der Waals surface area (Å²) in [5.74, 6) is 1.66. The van der Waals surface area contributed by atoms with E-state index in [4.69, 9.17) is 4.74 Å². The average Bonchev–Trinajstić information content (AvgIpc) is 2.90. The molecule has 0 saturated carbocycles. The number of fused-ring (bicyclic) bond motifs is 1. The number of aliphatic hydroxyl groups is 1. The van der Waals surface area contributed by atoms with Crippen molar-refractivity contribution in [2.45, 2.75) is 36.9 Å². The number of hydrogen-bond donors (Lipinski definition) is 1. The Labute approximate surface area is 209 Å². The summed E-state index contributed by atoms with van der Waals surface area (Å²) in [6.45, 7) is 2.77. The number of rotatable bonds is 11. The number of aromatic nitrogens is 2. The Morgan fingerprint density at radius 3 is 2.89 bits per heavy atom. The monoisotopic (exact) mass is 501 g/mol. The predicted octanol–water partition coefficient (Wildman–Crippen LogP) is 5.68. The number of aliphatic hydroxyl groups excluding tert-OH is 1. The van der Waals surface area contributed by atoms with Gasteiger partial charge in [0.25, 0.3) is 0 Å². The number of ether oxygens (including phenoxy) is 1. The van der Waals surface area contributed by atoms with E-state index in [0.29, 0.717) is 28.7 Å². The number of thioether (sulfide) groups is 1. The number of likely N-dealkylation sites (tertiary alicyclic amines) is 1. The fourth-order valence-electron chi connectivity index (χ4n) is 4.94. The van der Waals surface area contributed by atoms with Crippen molar-refractivity contribution in [3.63, 3.8) is 0 Å². The standard InChI is InChI=1S/C27H33F2N3O2S/c1-34-21-6-8-26-23(16-21)22(9-12-30-26)24(28)7-5-19-10-14-32(17-20(19)18-33)13-3-15-35-27-25(29)4-2-11-31-27/h2,4,6,8-9,11-12,16,19-20,24,33H,3,5,7,10,13-15,17-18H2,1H3/t19-,20-,24?/m1/s1. The molecule has 0 aliphatic carbocycles. The number of benzene rings is 1. The zero-order valence-electron chi connectivity index (χ0n) is 20.1. The molecule has 8 heteroatoms. The van der Waals surface area contributed by atoms with Crippen molar-refractivity contribution in [3.05, 3.63) is 60.2 Å². The van der Waals surface area contributed by atoms with Crippen LogP contribution < -0.4 is 4.74 Å². The number of nitrogens with zero attached hydrogens (tertiary/aromatic N) is 3. The number of hydrogen-bond acceptors (Lipinski definition) is 6. The molecule has 3 heterocycles. The summed E-state index contributed by atoms with van der Waals surface area (Å²) in [7, 11) is 1.60. The maximum absolute atomic E-state index is 15.4. The quantitative estimate of drug-likeness (QED) is 0.269. The molecule has 1 aromatic carbocycles. The van der Waals surface area contributed by atoms with Gasteiger partial charge in [0.05, 0.1) is 12.6 Å². The Morgan fingerprint density at radius 1 is 1.20 bits per heavy atom. The normalized spacial score (nSPS) is 19.7. The van der Waals surface area contributed by atoms with Gasteiger partial charge in [-0.2, -0.15) is 0 Å². The van der Waals surface area contributed by atoms with E-state index in [1.54, 1.807) is 31.6 Å². The molecule has 3 aromatic rings. The molecule has 1 saturated heterocycles. The van der Waals surface area contributed by atoms with Crippen LogP contribution in [-0.4, -0.2) is 59.1 Å². The third-order valence-corrected chi connectivity index (χ3v) is 7.97. The molecular formula is C27H33F2N3O2S. The Hall–Kier alpha value is -2.29. The largest absolute Gasteiger partial charge is 0.497 e. The van der Waals surface area contributed by atoms with E-state index in [9.17, 15) is 9.50 Å². The summed E-state index contributed by atoms with van der Waals surface area (Å²) in [6.07, 6.45) is 5.21. The highest BCUT2D eigenvalue weighted by atomic mass is 32.2. The van der Waals surface area contributed by atoms with E-state index in [1.165, 1.54) is 17.8 Å². The van der Waals surface area contributed by atoms with Crippen molar-refractivity contribution in [3.8, 4) is 5.75 Å². The summed E-state index contributed by atoms with van der Waals surface area (Å²) in [5.41, 5.74) is 1.41. The van der Waals surface area contributed by atoms with E-state index in [-0.39, 0.29) is 18.3 Å². The van der Waals surface area contributed by atoms with Crippen LogP contribution in [0.4, 0.5) is 8.78 Å². The van der Waals surface area contributed by atoms with Gasteiger partial charge in [-0.05, 0) is 92.6 Å². The summed E-state index contributed by atoms with van der Waals surface area (Å²) in [4.78, 5) is 10.8. The van der Waals surface area contributed by atoms with Gasteiger partial charge in [-0.15, -0.1) is 11.8 Å². The Kier molecular flexibility index (Phi) is 9.29. The van der Waals surface area contributed by atoms with Crippen LogP contribution in [0.1, 0.15) is 37.4 Å². The molecule has 3 atom stereocenters. The highest BCUT2D eigenvalue weighted by Gasteiger charge is 2.29. The van der Waals surface area contributed by atoms with Crippen LogP contribution in [0, 0.1) is 17.7 Å². The van der Waals surface area contributed by atoms with Gasteiger partial charge < -0.3 is 14.7 Å². The minimum absolute atomic E-state index is 0.113. The highest BCUT2D eigenvalue weighted by molar-refractivity contribution is 7.99. The fraction of sp³-hybridized carbons (Fsp3) is 0.481. The molecule has 0 radical (unpaired) electrons. The van der Waals surface area contributed by atoms with Crippen molar-refractivity contribution in [2.24, 2.45) is 11.8 Å². The van der Waals surface area contributed by atoms with Crippen molar-refractivity contribution in [1.82, 2.24) is 14.9 Å². The molecule has 1 N–H and O–H groups in total. The fourth-order valence-corrected chi connectivity index (χ4v) is 5.75. The van der Waals surface area contributed by atoms with Gasteiger partial charge in [-0.3, -0.25) is 4.98 Å². The first kappa shape index (κ1) is 25.8. The van der Waals surface area contributed by atoms with Crippen LogP contribution in [0.2, 0.25) is 0 Å². The van der Waals surface area contributed by atoms with E-state index in [0.717, 1.165) is 55.6 Å². The Bertz CT molecular complexity index is 1100. The number of halogens is 2. The number of pyridine rings is 2. The average molecular weight is 502 g/mol. The smallest absolute Gasteiger partial charge is 0.155 e. The van der Waals surface area contributed by atoms with Gasteiger partial charge in [0.1, 0.15) is 16.9 Å². The Morgan fingerprint density at radius 2 is 2.09 bits per heavy atom. The first-order chi connectivity index (χ1) is 17.1. The lowest BCUT2D eigenvalue weighted by Gasteiger charge is -2.38. The molecule has 4 rings (SSSR count). The highest BCUT2D eigenvalue weighted by Crippen LogP contribution is 2.35. The van der Waals surface area contributed by atoms with Gasteiger partial charge in [-0.25, -0.2) is 13.8 Å². The first-order valence-corrected chi connectivity index (χ1v) is 13.2. The zero-order chi connectivity index (χ0) is 24.6. The van der Waals surface area contributed by atoms with E-state index in [1.807, 2.05) is 18.2 Å². The molecule has 0 spiro atoms. The minimum atomic E-state index is -1.09. The molecule has 1 aliphatic heterocycles. The van der Waals surface area contributed by atoms with Crippen molar-refractivity contribution in [1.29, 1.82) is 0 Å². The van der Waals surface area contributed by atoms with Gasteiger partial charge >= 0.3 is 0 Å². The number of alkyl halides is 1. The zero-order valence-corrected chi connectivity index (χ0v) is 20.9. The topological polar surface area (TPSA) is 58.5 Å². The van der Waals surface area contributed by atoms with Crippen LogP contribution in [0.3, 0.4) is 0 Å². The second-order valence-electron chi connectivity index (χ2n) is 9.11. The van der Waals surface area contributed by atoms with Crippen molar-refractivity contribution < 1.29 is 18.6 Å². The lowest BCUT2D eigenvalue weighted by Crippen LogP contribution is -2.42. The molecule has 1 aliphatic rings. The second-order valence-corrected chi connectivity index (χ2v) is 10.2. The lowest BCUT2D eigenvalue weighted by molar-refractivity contribution is 0.0640. The molecule has 1 unspecified atom stereocenters. The maximum atomic E-state index is 15.4. The molecular weight excluding hydrogens is 468 g/mol. The third kappa shape index (κ3) is 6.68. The van der Waals surface area contributed by atoms with Gasteiger partial charge in [0, 0.05) is 36.7 Å². The first-order valence-electron chi connectivity index (χ1n) is 12.2. The summed E-state index contributed by atoms with van der Waals surface area (Å²) >= 11 is 1.44. The maximum Gasteiger partial charge on any atom is 0.155 e.